The maximum Gasteiger partial charge on any atom is 0.253 e. The van der Waals surface area contributed by atoms with Gasteiger partial charge in [0.1, 0.15) is 5.75 Å². The molecule has 0 aliphatic carbocycles. The molecule has 0 unspecified atom stereocenters. The first-order valence-electron chi connectivity index (χ1n) is 9.73. The number of benzene rings is 1. The van der Waals surface area contributed by atoms with E-state index < -0.39 is 0 Å². The van der Waals surface area contributed by atoms with Crippen LogP contribution in [0.3, 0.4) is 0 Å². The van der Waals surface area contributed by atoms with Gasteiger partial charge in [-0.2, -0.15) is 5.10 Å². The molecule has 0 bridgehead atoms. The number of carbonyl (C=O) groups excluding carboxylic acids is 1. The second kappa shape index (κ2) is 8.45. The standard InChI is InChI=1S/C22H25N5O2/c1-25-19(14-21(24-25)18-4-3-9-23-15-18)16-26-10-12-27(13-11-26)22(28)17-5-7-20(29-2)8-6-17/h3-9,14-15H,10-13,16H2,1-2H3. The number of amides is 1. The molecule has 0 atom stereocenters. The molecule has 1 saturated heterocycles. The molecule has 150 valence electrons. The molecule has 3 heterocycles. The molecule has 0 radical (unpaired) electrons. The molecular formula is C22H25N5O2. The molecule has 1 aliphatic heterocycles. The fourth-order valence-corrected chi connectivity index (χ4v) is 3.56. The number of ether oxygens (including phenoxy) is 1. The topological polar surface area (TPSA) is 63.5 Å². The van der Waals surface area contributed by atoms with Crippen molar-refractivity contribution in [3.63, 3.8) is 0 Å². The summed E-state index contributed by atoms with van der Waals surface area (Å²) in [5, 5.41) is 4.62. The molecule has 4 rings (SSSR count). The number of carbonyl (C=O) groups is 1. The SMILES string of the molecule is COc1ccc(C(=O)N2CCN(Cc3cc(-c4cccnc4)nn3C)CC2)cc1. The highest BCUT2D eigenvalue weighted by Gasteiger charge is 2.23. The van der Waals surface area contributed by atoms with Crippen LogP contribution >= 0.6 is 0 Å². The third kappa shape index (κ3) is 4.30. The maximum atomic E-state index is 12.7. The molecule has 3 aromatic rings. The normalized spacial score (nSPS) is 14.8. The van der Waals surface area contributed by atoms with E-state index in [9.17, 15) is 4.79 Å². The van der Waals surface area contributed by atoms with Gasteiger partial charge in [-0.1, -0.05) is 0 Å². The minimum atomic E-state index is 0.0756. The monoisotopic (exact) mass is 391 g/mol. The lowest BCUT2D eigenvalue weighted by atomic mass is 10.1. The van der Waals surface area contributed by atoms with Crippen molar-refractivity contribution < 1.29 is 9.53 Å². The van der Waals surface area contributed by atoms with Gasteiger partial charge in [0.2, 0.25) is 0 Å². The van der Waals surface area contributed by atoms with E-state index in [-0.39, 0.29) is 5.91 Å². The van der Waals surface area contributed by atoms with E-state index in [0.717, 1.165) is 55.4 Å². The van der Waals surface area contributed by atoms with Crippen molar-refractivity contribution in [3.8, 4) is 17.0 Å². The molecule has 7 nitrogen and oxygen atoms in total. The van der Waals surface area contributed by atoms with Crippen LogP contribution in [0.4, 0.5) is 0 Å². The van der Waals surface area contributed by atoms with Crippen molar-refractivity contribution in [3.05, 3.63) is 66.1 Å². The Morgan fingerprint density at radius 3 is 2.52 bits per heavy atom. The summed E-state index contributed by atoms with van der Waals surface area (Å²) in [5.41, 5.74) is 3.80. The smallest absolute Gasteiger partial charge is 0.253 e. The van der Waals surface area contributed by atoms with Crippen LogP contribution in [0, 0.1) is 0 Å². The first-order chi connectivity index (χ1) is 14.1. The fraction of sp³-hybridized carbons (Fsp3) is 0.318. The maximum absolute atomic E-state index is 12.7. The number of hydrogen-bond donors (Lipinski definition) is 0. The quantitative estimate of drug-likeness (QED) is 0.669. The molecular weight excluding hydrogens is 366 g/mol. The van der Waals surface area contributed by atoms with Crippen LogP contribution in [0.25, 0.3) is 11.3 Å². The Morgan fingerprint density at radius 1 is 1.10 bits per heavy atom. The molecule has 0 spiro atoms. The van der Waals surface area contributed by atoms with Gasteiger partial charge >= 0.3 is 0 Å². The number of methoxy groups -OCH3 is 1. The Labute approximate surface area is 170 Å². The number of aromatic nitrogens is 3. The number of piperazine rings is 1. The van der Waals surface area contributed by atoms with Gasteiger partial charge in [0.05, 0.1) is 18.5 Å². The number of hydrogen-bond acceptors (Lipinski definition) is 5. The van der Waals surface area contributed by atoms with Crippen molar-refractivity contribution in [1.82, 2.24) is 24.6 Å². The highest BCUT2D eigenvalue weighted by atomic mass is 16.5. The summed E-state index contributed by atoms with van der Waals surface area (Å²) >= 11 is 0. The zero-order valence-electron chi connectivity index (χ0n) is 16.8. The highest BCUT2D eigenvalue weighted by Crippen LogP contribution is 2.19. The Bertz CT molecular complexity index is 961. The van der Waals surface area contributed by atoms with Crippen molar-refractivity contribution in [2.24, 2.45) is 7.05 Å². The van der Waals surface area contributed by atoms with Gasteiger partial charge in [0.15, 0.2) is 0 Å². The van der Waals surface area contributed by atoms with Crippen molar-refractivity contribution >= 4 is 5.91 Å². The van der Waals surface area contributed by atoms with E-state index in [0.29, 0.717) is 5.56 Å². The summed E-state index contributed by atoms with van der Waals surface area (Å²) in [4.78, 5) is 21.2. The lowest BCUT2D eigenvalue weighted by Gasteiger charge is -2.34. The van der Waals surface area contributed by atoms with Crippen LogP contribution in [0.1, 0.15) is 16.1 Å². The van der Waals surface area contributed by atoms with Crippen LogP contribution in [-0.4, -0.2) is 63.8 Å². The van der Waals surface area contributed by atoms with Crippen molar-refractivity contribution in [2.75, 3.05) is 33.3 Å². The third-order valence-corrected chi connectivity index (χ3v) is 5.32. The summed E-state index contributed by atoms with van der Waals surface area (Å²) < 4.78 is 7.09. The van der Waals surface area contributed by atoms with Crippen LogP contribution in [0.15, 0.2) is 54.9 Å². The Balaban J connectivity index is 1.35. The number of pyridine rings is 1. The zero-order valence-corrected chi connectivity index (χ0v) is 16.8. The Hall–Kier alpha value is -3.19. The Kier molecular flexibility index (Phi) is 5.57. The molecule has 2 aromatic heterocycles. The van der Waals surface area contributed by atoms with Gasteiger partial charge in [-0.05, 0) is 42.5 Å². The van der Waals surface area contributed by atoms with Gasteiger partial charge in [-0.15, -0.1) is 0 Å². The van der Waals surface area contributed by atoms with Crippen molar-refractivity contribution in [2.45, 2.75) is 6.54 Å². The van der Waals surface area contributed by atoms with E-state index in [2.05, 4.69) is 21.0 Å². The number of rotatable bonds is 5. The lowest BCUT2D eigenvalue weighted by Crippen LogP contribution is -2.48. The summed E-state index contributed by atoms with van der Waals surface area (Å²) in [7, 11) is 3.59. The summed E-state index contributed by atoms with van der Waals surface area (Å²) in [6.07, 6.45) is 3.59. The van der Waals surface area contributed by atoms with E-state index in [1.807, 2.05) is 59.2 Å². The average molecular weight is 391 g/mol. The number of aryl methyl sites for hydroxylation is 1. The molecule has 29 heavy (non-hydrogen) atoms. The third-order valence-electron chi connectivity index (χ3n) is 5.32. The zero-order chi connectivity index (χ0) is 20.2. The predicted molar refractivity (Wildman–Crippen MR) is 111 cm³/mol. The molecule has 1 amide bonds. The Morgan fingerprint density at radius 2 is 1.86 bits per heavy atom. The largest absolute Gasteiger partial charge is 0.497 e. The van der Waals surface area contributed by atoms with Crippen LogP contribution in [0.2, 0.25) is 0 Å². The summed E-state index contributed by atoms with van der Waals surface area (Å²) in [6, 6.07) is 13.3. The lowest BCUT2D eigenvalue weighted by molar-refractivity contribution is 0.0625. The minimum absolute atomic E-state index is 0.0756. The van der Waals surface area contributed by atoms with Crippen LogP contribution < -0.4 is 4.74 Å². The van der Waals surface area contributed by atoms with E-state index >= 15 is 0 Å². The second-order valence-corrected chi connectivity index (χ2v) is 7.18. The average Bonchev–Trinajstić information content (AvgIpc) is 3.14. The van der Waals surface area contributed by atoms with Crippen LogP contribution in [-0.2, 0) is 13.6 Å². The molecule has 0 N–H and O–H groups in total. The van der Waals surface area contributed by atoms with Crippen LogP contribution in [0.5, 0.6) is 5.75 Å². The first-order valence-corrected chi connectivity index (χ1v) is 9.73. The van der Waals surface area contributed by atoms with Gasteiger partial charge in [0, 0.05) is 63.3 Å². The van der Waals surface area contributed by atoms with Gasteiger partial charge < -0.3 is 9.64 Å². The summed E-state index contributed by atoms with van der Waals surface area (Å²) in [5.74, 6) is 0.833. The van der Waals surface area contributed by atoms with E-state index in [1.54, 1.807) is 13.3 Å². The highest BCUT2D eigenvalue weighted by molar-refractivity contribution is 5.94. The molecule has 1 aliphatic rings. The molecule has 1 fully saturated rings. The molecule has 7 heteroatoms. The second-order valence-electron chi connectivity index (χ2n) is 7.18. The molecule has 0 saturated carbocycles. The fourth-order valence-electron chi connectivity index (χ4n) is 3.56. The summed E-state index contributed by atoms with van der Waals surface area (Å²) in [6.45, 7) is 3.94. The van der Waals surface area contributed by atoms with E-state index in [4.69, 9.17) is 4.74 Å². The molecule has 1 aromatic carbocycles. The van der Waals surface area contributed by atoms with E-state index in [1.165, 1.54) is 0 Å². The van der Waals surface area contributed by atoms with Crippen molar-refractivity contribution in [1.29, 1.82) is 0 Å². The van der Waals surface area contributed by atoms with Gasteiger partial charge in [0.25, 0.3) is 5.91 Å². The van der Waals surface area contributed by atoms with Gasteiger partial charge in [-0.3, -0.25) is 19.4 Å². The first kappa shape index (κ1) is 19.1. The minimum Gasteiger partial charge on any atom is -0.497 e. The van der Waals surface area contributed by atoms with Gasteiger partial charge in [-0.25, -0.2) is 0 Å². The number of nitrogens with zero attached hydrogens (tertiary/aromatic N) is 5. The predicted octanol–water partition coefficient (Wildman–Crippen LogP) is 2.45.